The molecule has 5 rings (SSSR count). The van der Waals surface area contributed by atoms with Gasteiger partial charge in [0.25, 0.3) is 0 Å². The molecule has 3 aliphatic rings. The van der Waals surface area contributed by atoms with Gasteiger partial charge in [-0.25, -0.2) is 4.39 Å². The molecule has 0 spiro atoms. The van der Waals surface area contributed by atoms with Crippen molar-refractivity contribution in [2.24, 2.45) is 0 Å². The van der Waals surface area contributed by atoms with Crippen molar-refractivity contribution in [1.29, 1.82) is 0 Å². The third kappa shape index (κ3) is 3.06. The number of benzene rings is 1. The van der Waals surface area contributed by atoms with Crippen molar-refractivity contribution in [3.8, 4) is 0 Å². The summed E-state index contributed by atoms with van der Waals surface area (Å²) in [5, 5.41) is 0.605. The molecule has 146 valence electrons. The summed E-state index contributed by atoms with van der Waals surface area (Å²) < 4.78 is 17.5. The van der Waals surface area contributed by atoms with E-state index >= 15 is 0 Å². The number of aromatic nitrogens is 2. The molecule has 0 unspecified atom stereocenters. The van der Waals surface area contributed by atoms with Gasteiger partial charge < -0.3 is 14.5 Å². The third-order valence-electron chi connectivity index (χ3n) is 6.54. The number of nitrogens with one attached hydrogen (secondary N) is 1. The van der Waals surface area contributed by atoms with E-state index in [1.54, 1.807) is 6.07 Å². The first-order valence-corrected chi connectivity index (χ1v) is 10.4. The van der Waals surface area contributed by atoms with Crippen molar-refractivity contribution < 1.29 is 9.09 Å². The number of aromatic amines is 1. The fourth-order valence-corrected chi connectivity index (χ4v) is 5.57. The first-order valence-electron chi connectivity index (χ1n) is 9.58. The van der Waals surface area contributed by atoms with Crippen LogP contribution in [-0.4, -0.2) is 34.1 Å². The van der Waals surface area contributed by atoms with Crippen LogP contribution in [0.5, 0.6) is 0 Å². The van der Waals surface area contributed by atoms with Gasteiger partial charge in [0.1, 0.15) is 5.82 Å². The van der Waals surface area contributed by atoms with Gasteiger partial charge in [-0.1, -0.05) is 18.0 Å². The molecule has 0 radical (unpaired) electrons. The minimum absolute atomic E-state index is 0. The number of hydrogen-bond acceptors (Lipinski definition) is 2. The number of nitrogens with zero attached hydrogens (tertiary/aromatic N) is 2. The largest absolute Gasteiger partial charge is 0.334 e. The van der Waals surface area contributed by atoms with E-state index < -0.39 is 0 Å². The summed E-state index contributed by atoms with van der Waals surface area (Å²) in [5.41, 5.74) is 3.18. The number of rotatable bonds is 4. The third-order valence-corrected chi connectivity index (χ3v) is 7.10. The zero-order valence-corrected chi connectivity index (χ0v) is 16.7. The molecule has 3 nitrogen and oxygen atoms in total. The number of H-pyrrole nitrogens is 1. The van der Waals surface area contributed by atoms with Crippen LogP contribution >= 0.6 is 23.8 Å². The van der Waals surface area contributed by atoms with Crippen LogP contribution in [0.1, 0.15) is 48.6 Å². The number of hydrogen-bond donors (Lipinski definition) is 1. The van der Waals surface area contributed by atoms with E-state index in [1.165, 1.54) is 49.8 Å². The first kappa shape index (κ1) is 19.1. The molecule has 1 aliphatic carbocycles. The highest BCUT2D eigenvalue weighted by Gasteiger charge is 2.63. The molecular formula is C20H24ClF2N3S. The molecule has 1 aromatic heterocycles. The fourth-order valence-electron chi connectivity index (χ4n) is 5.11. The number of piperidine rings is 1. The molecule has 3 heterocycles. The predicted molar refractivity (Wildman–Crippen MR) is 107 cm³/mol. The Hall–Kier alpha value is -1.24. The molecule has 1 aromatic carbocycles. The maximum Gasteiger partial charge on any atom is 0.177 e. The van der Waals surface area contributed by atoms with Crippen LogP contribution in [0.2, 0.25) is 5.02 Å². The Morgan fingerprint density at radius 1 is 1.26 bits per heavy atom. The number of fused-ring (bicyclic) bond motifs is 3. The van der Waals surface area contributed by atoms with Crippen LogP contribution in [0, 0.1) is 10.6 Å². The van der Waals surface area contributed by atoms with Crippen molar-refractivity contribution in [1.82, 2.24) is 14.5 Å². The van der Waals surface area contributed by atoms with E-state index in [9.17, 15) is 4.39 Å². The van der Waals surface area contributed by atoms with Crippen LogP contribution < -0.4 is 0 Å². The Kier molecular flexibility index (Phi) is 4.93. The molecule has 2 aliphatic heterocycles. The second kappa shape index (κ2) is 6.98. The Morgan fingerprint density at radius 3 is 2.81 bits per heavy atom. The van der Waals surface area contributed by atoms with Gasteiger partial charge in [0, 0.05) is 47.3 Å². The lowest BCUT2D eigenvalue weighted by Gasteiger charge is -2.26. The van der Waals surface area contributed by atoms with Crippen molar-refractivity contribution in [3.05, 3.63) is 50.8 Å². The Labute approximate surface area is 167 Å². The highest BCUT2D eigenvalue weighted by atomic mass is 35.5. The summed E-state index contributed by atoms with van der Waals surface area (Å²) in [7, 11) is 0. The van der Waals surface area contributed by atoms with Crippen molar-refractivity contribution in [3.63, 3.8) is 0 Å². The molecule has 27 heavy (non-hydrogen) atoms. The molecule has 0 amide bonds. The standard InChI is InChI=1S/C20H23ClFN3S.FH/c21-13-4-5-16(22)14(10-13)20-11-15(20)18-17(23-19(26)25(18)12-20)6-9-24-7-2-1-3-8-24;/h4-5,10,15H,1-3,6-9,11-12H2,(H,23,26);1H/t15-,20+;/m0./s1. The van der Waals surface area contributed by atoms with Crippen LogP contribution in [0.4, 0.5) is 9.09 Å². The number of halogens is 3. The Balaban J connectivity index is 0.00000180. The molecule has 2 fully saturated rings. The quantitative estimate of drug-likeness (QED) is 0.719. The van der Waals surface area contributed by atoms with Crippen LogP contribution in [0.25, 0.3) is 0 Å². The maximum absolute atomic E-state index is 14.5. The van der Waals surface area contributed by atoms with E-state index in [0.29, 0.717) is 10.9 Å². The van der Waals surface area contributed by atoms with E-state index in [-0.39, 0.29) is 15.9 Å². The monoisotopic (exact) mass is 411 g/mol. The lowest BCUT2D eigenvalue weighted by atomic mass is 9.93. The average Bonchev–Trinajstić information content (AvgIpc) is 3.14. The predicted octanol–water partition coefficient (Wildman–Crippen LogP) is 4.96. The molecule has 7 heteroatoms. The summed E-state index contributed by atoms with van der Waals surface area (Å²) in [6, 6.07) is 4.93. The molecule has 0 bridgehead atoms. The van der Waals surface area contributed by atoms with E-state index in [0.717, 1.165) is 36.3 Å². The minimum atomic E-state index is -0.146. The van der Waals surface area contributed by atoms with Crippen LogP contribution in [-0.2, 0) is 18.4 Å². The van der Waals surface area contributed by atoms with Crippen molar-refractivity contribution in [2.45, 2.75) is 50.0 Å². The zero-order chi connectivity index (χ0) is 17.9. The second-order valence-corrected chi connectivity index (χ2v) is 8.89. The van der Waals surface area contributed by atoms with Crippen molar-refractivity contribution >= 4 is 23.8 Å². The van der Waals surface area contributed by atoms with Gasteiger partial charge in [-0.2, -0.15) is 0 Å². The summed E-state index contributed by atoms with van der Waals surface area (Å²) in [6.07, 6.45) is 5.97. The summed E-state index contributed by atoms with van der Waals surface area (Å²) in [4.78, 5) is 5.99. The second-order valence-electron chi connectivity index (χ2n) is 8.07. The molecule has 2 aromatic rings. The summed E-state index contributed by atoms with van der Waals surface area (Å²) >= 11 is 11.7. The fraction of sp³-hybridized carbons (Fsp3) is 0.550. The van der Waals surface area contributed by atoms with Gasteiger partial charge in [0.15, 0.2) is 4.77 Å². The van der Waals surface area contributed by atoms with E-state index in [4.69, 9.17) is 23.8 Å². The molecule has 1 saturated heterocycles. The topological polar surface area (TPSA) is 24.0 Å². The van der Waals surface area contributed by atoms with E-state index in [2.05, 4.69) is 14.5 Å². The highest BCUT2D eigenvalue weighted by molar-refractivity contribution is 7.71. The zero-order valence-electron chi connectivity index (χ0n) is 15.1. The van der Waals surface area contributed by atoms with Gasteiger partial charge >= 0.3 is 0 Å². The smallest absolute Gasteiger partial charge is 0.177 e. The van der Waals surface area contributed by atoms with Gasteiger partial charge in [-0.15, -0.1) is 0 Å². The summed E-state index contributed by atoms with van der Waals surface area (Å²) in [6.45, 7) is 4.26. The van der Waals surface area contributed by atoms with Gasteiger partial charge in [-0.05, 0) is 68.3 Å². The normalized spacial score (nSPS) is 26.4. The molecule has 2 atom stereocenters. The van der Waals surface area contributed by atoms with Crippen molar-refractivity contribution in [2.75, 3.05) is 19.6 Å². The summed E-state index contributed by atoms with van der Waals surface area (Å²) in [5.74, 6) is 0.215. The van der Waals surface area contributed by atoms with Crippen LogP contribution in [0.15, 0.2) is 18.2 Å². The number of likely N-dealkylation sites (tertiary alicyclic amines) is 1. The van der Waals surface area contributed by atoms with Crippen LogP contribution in [0.3, 0.4) is 0 Å². The minimum Gasteiger partial charge on any atom is -0.334 e. The maximum atomic E-state index is 14.5. The van der Waals surface area contributed by atoms with E-state index in [1.807, 2.05) is 6.07 Å². The lowest BCUT2D eigenvalue weighted by molar-refractivity contribution is 0.231. The SMILES string of the molecule is F.Fc1ccc(Cl)cc1[C@]12C[C@H]1c1c(CCN3CCCCC3)[nH]c(=S)n1C2. The van der Waals surface area contributed by atoms with Gasteiger partial charge in [-0.3, -0.25) is 4.70 Å². The number of imidazole rings is 1. The van der Waals surface area contributed by atoms with Gasteiger partial charge in [0.2, 0.25) is 0 Å². The van der Waals surface area contributed by atoms with Gasteiger partial charge in [0.05, 0.1) is 0 Å². The lowest BCUT2D eigenvalue weighted by Crippen LogP contribution is -2.31. The molecular weight excluding hydrogens is 388 g/mol. The Morgan fingerprint density at radius 2 is 2.04 bits per heavy atom. The molecule has 1 N–H and O–H groups in total. The first-order chi connectivity index (χ1) is 12.6. The highest BCUT2D eigenvalue weighted by Crippen LogP contribution is 2.66. The Bertz CT molecular complexity index is 918. The average molecular weight is 412 g/mol. The molecule has 1 saturated carbocycles.